The molecule has 0 bridgehead atoms. The van der Waals surface area contributed by atoms with Gasteiger partial charge in [-0.1, -0.05) is 11.8 Å². The van der Waals surface area contributed by atoms with Gasteiger partial charge < -0.3 is 19.5 Å². The quantitative estimate of drug-likeness (QED) is 0.430. The van der Waals surface area contributed by atoms with Crippen molar-refractivity contribution in [3.8, 4) is 11.5 Å². The van der Waals surface area contributed by atoms with Crippen LogP contribution in [0.4, 0.5) is 0 Å². The second-order valence-electron chi connectivity index (χ2n) is 4.38. The van der Waals surface area contributed by atoms with Crippen molar-refractivity contribution < 1.29 is 23.8 Å². The number of methoxy groups -OCH3 is 2. The van der Waals surface area contributed by atoms with Gasteiger partial charge in [-0.2, -0.15) is 5.10 Å². The lowest BCUT2D eigenvalue weighted by Gasteiger charge is -2.11. The van der Waals surface area contributed by atoms with E-state index in [2.05, 4.69) is 36.2 Å². The smallest absolute Gasteiger partial charge is 0.343 e. The van der Waals surface area contributed by atoms with Crippen LogP contribution in [0.5, 0.6) is 11.5 Å². The highest BCUT2D eigenvalue weighted by Gasteiger charge is 2.16. The molecule has 24 heavy (non-hydrogen) atoms. The largest absolute Gasteiger partial charge is 0.493 e. The van der Waals surface area contributed by atoms with E-state index in [9.17, 15) is 9.59 Å². The van der Waals surface area contributed by atoms with Gasteiger partial charge >= 0.3 is 5.97 Å². The normalized spacial score (nSPS) is 15.6. The maximum Gasteiger partial charge on any atom is 0.343 e. The van der Waals surface area contributed by atoms with Gasteiger partial charge in [-0.05, 0) is 28.1 Å². The number of rotatable bonds is 6. The van der Waals surface area contributed by atoms with E-state index in [0.717, 1.165) is 0 Å². The van der Waals surface area contributed by atoms with Crippen LogP contribution in [-0.4, -0.2) is 49.8 Å². The van der Waals surface area contributed by atoms with Gasteiger partial charge in [-0.15, -0.1) is 5.10 Å². The molecular formula is C14H14BrN3O5S. The molecule has 0 spiro atoms. The summed E-state index contributed by atoms with van der Waals surface area (Å²) in [5.74, 6) is 0.573. The summed E-state index contributed by atoms with van der Waals surface area (Å²) in [7, 11) is 2.77. The van der Waals surface area contributed by atoms with Crippen molar-refractivity contribution in [3.05, 3.63) is 22.2 Å². The number of hydrogen-bond acceptors (Lipinski definition) is 8. The third-order valence-corrected chi connectivity index (χ3v) is 4.34. The lowest BCUT2D eigenvalue weighted by atomic mass is 10.2. The summed E-state index contributed by atoms with van der Waals surface area (Å²) in [5, 5.41) is 10.9. The van der Waals surface area contributed by atoms with Crippen molar-refractivity contribution in [1.29, 1.82) is 0 Å². The zero-order valence-corrected chi connectivity index (χ0v) is 15.3. The van der Waals surface area contributed by atoms with Gasteiger partial charge in [-0.3, -0.25) is 4.79 Å². The van der Waals surface area contributed by atoms with Crippen molar-refractivity contribution in [2.45, 2.75) is 0 Å². The van der Waals surface area contributed by atoms with Gasteiger partial charge in [0.1, 0.15) is 0 Å². The van der Waals surface area contributed by atoms with E-state index in [4.69, 9.17) is 9.47 Å². The highest BCUT2D eigenvalue weighted by Crippen LogP contribution is 2.33. The fourth-order valence-corrected chi connectivity index (χ4v) is 2.70. The molecule has 0 unspecified atom stereocenters. The Morgan fingerprint density at radius 2 is 2.21 bits per heavy atom. The van der Waals surface area contributed by atoms with Crippen LogP contribution < -0.4 is 14.8 Å². The van der Waals surface area contributed by atoms with E-state index in [1.54, 1.807) is 12.1 Å². The molecular weight excluding hydrogens is 402 g/mol. The van der Waals surface area contributed by atoms with Crippen LogP contribution in [0.3, 0.4) is 0 Å². The third-order valence-electron chi connectivity index (χ3n) is 2.79. The van der Waals surface area contributed by atoms with E-state index in [0.29, 0.717) is 32.5 Å². The van der Waals surface area contributed by atoms with Crippen LogP contribution in [-0.2, 0) is 14.3 Å². The number of ether oxygens (including phenoxy) is 3. The molecule has 0 aromatic heterocycles. The van der Waals surface area contributed by atoms with Gasteiger partial charge in [0.15, 0.2) is 23.3 Å². The number of amides is 1. The number of nitrogens with zero attached hydrogens (tertiary/aromatic N) is 2. The second-order valence-corrected chi connectivity index (χ2v) is 6.19. The Labute approximate surface area is 150 Å². The predicted octanol–water partition coefficient (Wildman–Crippen LogP) is 1.56. The van der Waals surface area contributed by atoms with E-state index < -0.39 is 5.97 Å². The van der Waals surface area contributed by atoms with Crippen molar-refractivity contribution in [2.75, 3.05) is 26.6 Å². The summed E-state index contributed by atoms with van der Waals surface area (Å²) in [6.45, 7) is -0.225. The van der Waals surface area contributed by atoms with E-state index in [1.165, 1.54) is 32.2 Å². The number of esters is 1. The number of thioether (sulfide) groups is 1. The van der Waals surface area contributed by atoms with Crippen LogP contribution in [0.25, 0.3) is 0 Å². The van der Waals surface area contributed by atoms with Crippen LogP contribution in [0.1, 0.15) is 5.56 Å². The standard InChI is InChI=1S/C14H14BrN3O5S/c1-21-10-3-8(5-16-18-14-17-12(19)7-24-14)9(15)4-11(10)23-6-13(20)22-2/h3-5H,6-7H2,1-2H3,(H,17,18,19). The van der Waals surface area contributed by atoms with Crippen molar-refractivity contribution in [2.24, 2.45) is 10.2 Å². The molecule has 10 heteroatoms. The SMILES string of the molecule is COC(=O)COc1cc(Br)c(C=NN=C2NC(=O)CS2)cc1OC. The molecule has 1 fully saturated rings. The first kappa shape index (κ1) is 18.3. The number of nitrogens with one attached hydrogen (secondary N) is 1. The van der Waals surface area contributed by atoms with Gasteiger partial charge in [0, 0.05) is 10.0 Å². The number of benzene rings is 1. The van der Waals surface area contributed by atoms with Crippen LogP contribution >= 0.6 is 27.7 Å². The Bertz CT molecular complexity index is 708. The zero-order valence-electron chi connectivity index (χ0n) is 12.9. The molecule has 1 aromatic rings. The molecule has 2 rings (SSSR count). The minimum Gasteiger partial charge on any atom is -0.493 e. The summed E-state index contributed by atoms with van der Waals surface area (Å²) in [5.41, 5.74) is 0.691. The minimum absolute atomic E-state index is 0.0936. The topological polar surface area (TPSA) is 98.6 Å². The maximum absolute atomic E-state index is 11.2. The first-order chi connectivity index (χ1) is 11.5. The number of amidine groups is 1. The third kappa shape index (κ3) is 4.96. The van der Waals surface area contributed by atoms with Gasteiger partial charge in [0.25, 0.3) is 0 Å². The highest BCUT2D eigenvalue weighted by molar-refractivity contribution is 9.10. The summed E-state index contributed by atoms with van der Waals surface area (Å²) in [4.78, 5) is 22.2. The number of carbonyl (C=O) groups excluding carboxylic acids is 2. The molecule has 0 saturated carbocycles. The molecule has 1 aliphatic rings. The molecule has 1 N–H and O–H groups in total. The van der Waals surface area contributed by atoms with Crippen LogP contribution in [0.15, 0.2) is 26.8 Å². The summed E-state index contributed by atoms with van der Waals surface area (Å²) < 4.78 is 15.8. The first-order valence-corrected chi connectivity index (χ1v) is 8.42. The van der Waals surface area contributed by atoms with Crippen LogP contribution in [0.2, 0.25) is 0 Å². The van der Waals surface area contributed by atoms with Crippen molar-refractivity contribution in [1.82, 2.24) is 5.32 Å². The molecule has 0 radical (unpaired) electrons. The van der Waals surface area contributed by atoms with Crippen LogP contribution in [0, 0.1) is 0 Å². The molecule has 1 saturated heterocycles. The number of halogens is 1. The maximum atomic E-state index is 11.2. The highest BCUT2D eigenvalue weighted by atomic mass is 79.9. The first-order valence-electron chi connectivity index (χ1n) is 6.64. The van der Waals surface area contributed by atoms with Gasteiger partial charge in [-0.25, -0.2) is 4.79 Å². The second kappa shape index (κ2) is 8.69. The summed E-state index contributed by atoms with van der Waals surface area (Å²) in [6, 6.07) is 3.34. The fourth-order valence-electron chi connectivity index (χ4n) is 1.64. The molecule has 1 aromatic carbocycles. The molecule has 1 heterocycles. The molecule has 128 valence electrons. The Morgan fingerprint density at radius 3 is 2.83 bits per heavy atom. The molecule has 1 amide bonds. The Hall–Kier alpha value is -2.07. The average Bonchev–Trinajstić information content (AvgIpc) is 2.99. The van der Waals surface area contributed by atoms with Crippen molar-refractivity contribution >= 4 is 51.0 Å². The number of hydrogen-bond donors (Lipinski definition) is 1. The van der Waals surface area contributed by atoms with E-state index in [1.807, 2.05) is 0 Å². The van der Waals surface area contributed by atoms with Crippen molar-refractivity contribution in [3.63, 3.8) is 0 Å². The van der Waals surface area contributed by atoms with Gasteiger partial charge in [0.2, 0.25) is 5.91 Å². The predicted molar refractivity (Wildman–Crippen MR) is 93.8 cm³/mol. The average molecular weight is 416 g/mol. The Morgan fingerprint density at radius 1 is 1.42 bits per heavy atom. The lowest BCUT2D eigenvalue weighted by molar-refractivity contribution is -0.142. The van der Waals surface area contributed by atoms with E-state index in [-0.39, 0.29) is 12.5 Å². The molecule has 8 nitrogen and oxygen atoms in total. The zero-order chi connectivity index (χ0) is 17.5. The molecule has 1 aliphatic heterocycles. The number of carbonyl (C=O) groups is 2. The fraction of sp³-hybridized carbons (Fsp3) is 0.286. The monoisotopic (exact) mass is 415 g/mol. The Kier molecular flexibility index (Phi) is 6.62. The minimum atomic E-state index is -0.495. The van der Waals surface area contributed by atoms with Gasteiger partial charge in [0.05, 0.1) is 26.2 Å². The molecule has 0 atom stereocenters. The van der Waals surface area contributed by atoms with E-state index >= 15 is 0 Å². The summed E-state index contributed by atoms with van der Waals surface area (Å²) >= 11 is 4.68. The Balaban J connectivity index is 2.13. The lowest BCUT2D eigenvalue weighted by Crippen LogP contribution is -2.19. The summed E-state index contributed by atoms with van der Waals surface area (Å²) in [6.07, 6.45) is 1.51. The molecule has 0 aliphatic carbocycles.